The van der Waals surface area contributed by atoms with Gasteiger partial charge < -0.3 is 5.32 Å². The molecule has 9 nitrogen and oxygen atoms in total. The fraction of sp³-hybridized carbons (Fsp3) is 0.375. The number of nitro groups is 1. The molecular weight excluding hydrogens is 324 g/mol. The van der Waals surface area contributed by atoms with Crippen molar-refractivity contribution in [2.45, 2.75) is 38.3 Å². The summed E-state index contributed by atoms with van der Waals surface area (Å²) in [6.45, 7) is 0.257. The van der Waals surface area contributed by atoms with Crippen molar-refractivity contribution >= 4 is 17.7 Å². The summed E-state index contributed by atoms with van der Waals surface area (Å²) in [5.41, 5.74) is 0.719. The van der Waals surface area contributed by atoms with E-state index in [-0.39, 0.29) is 18.1 Å². The second-order valence-corrected chi connectivity index (χ2v) is 5.88. The van der Waals surface area contributed by atoms with Gasteiger partial charge in [-0.25, -0.2) is 4.68 Å². The lowest BCUT2D eigenvalue weighted by Gasteiger charge is -2.11. The summed E-state index contributed by atoms with van der Waals surface area (Å²) < 4.78 is 1.80. The molecule has 0 spiro atoms. The van der Waals surface area contributed by atoms with E-state index in [2.05, 4.69) is 20.8 Å². The molecule has 3 rings (SSSR count). The van der Waals surface area contributed by atoms with Crippen LogP contribution in [0.5, 0.6) is 0 Å². The first-order valence-electron chi connectivity index (χ1n) is 8.10. The highest BCUT2D eigenvalue weighted by Crippen LogP contribution is 2.28. The van der Waals surface area contributed by atoms with Gasteiger partial charge in [0.15, 0.2) is 5.82 Å². The van der Waals surface area contributed by atoms with Crippen LogP contribution in [-0.2, 0) is 11.3 Å². The minimum absolute atomic E-state index is 0.0142. The highest BCUT2D eigenvalue weighted by Gasteiger charge is 2.21. The number of amides is 1. The first-order chi connectivity index (χ1) is 12.1. The van der Waals surface area contributed by atoms with Crippen molar-refractivity contribution in [3.05, 3.63) is 51.8 Å². The van der Waals surface area contributed by atoms with Crippen molar-refractivity contribution < 1.29 is 9.72 Å². The van der Waals surface area contributed by atoms with Gasteiger partial charge in [0.2, 0.25) is 5.91 Å². The van der Waals surface area contributed by atoms with Gasteiger partial charge in [0.25, 0.3) is 5.69 Å². The molecule has 1 fully saturated rings. The summed E-state index contributed by atoms with van der Waals surface area (Å²) in [5, 5.41) is 25.1. The maximum atomic E-state index is 11.9. The Balaban J connectivity index is 1.54. The molecule has 0 radical (unpaired) electrons. The summed E-state index contributed by atoms with van der Waals surface area (Å²) in [6.07, 6.45) is 7.45. The molecule has 1 heterocycles. The summed E-state index contributed by atoms with van der Waals surface area (Å²) in [6, 6.07) is 6.28. The van der Waals surface area contributed by atoms with E-state index < -0.39 is 4.92 Å². The highest BCUT2D eigenvalue weighted by molar-refractivity contribution is 5.91. The van der Waals surface area contributed by atoms with Crippen LogP contribution in [0.1, 0.15) is 43.1 Å². The normalized spacial score (nSPS) is 14.9. The standard InChI is InChI=1S/C16H18N6O3/c23-16(10-7-12-5-8-14(9-6-12)22(24)25)17-11-15-18-19-20-21(15)13-3-1-2-4-13/h5-10,13H,1-4,11H2,(H,17,23)/b10-7+. The number of nitrogens with one attached hydrogen (secondary N) is 1. The van der Waals surface area contributed by atoms with Gasteiger partial charge >= 0.3 is 0 Å². The third-order valence-corrected chi connectivity index (χ3v) is 4.18. The molecule has 1 N–H and O–H groups in total. The predicted octanol–water partition coefficient (Wildman–Crippen LogP) is 2.03. The minimum Gasteiger partial charge on any atom is -0.345 e. The number of rotatable bonds is 6. The van der Waals surface area contributed by atoms with E-state index in [9.17, 15) is 14.9 Å². The van der Waals surface area contributed by atoms with Crippen molar-refractivity contribution in [3.8, 4) is 0 Å². The summed E-state index contributed by atoms with van der Waals surface area (Å²) in [5.74, 6) is 0.364. The molecule has 0 saturated heterocycles. The SMILES string of the molecule is O=C(/C=C/c1ccc([N+](=O)[O-])cc1)NCc1nnnn1C1CCCC1. The second kappa shape index (κ2) is 7.65. The van der Waals surface area contributed by atoms with Crippen molar-refractivity contribution in [1.29, 1.82) is 0 Å². The molecule has 0 atom stereocenters. The lowest BCUT2D eigenvalue weighted by molar-refractivity contribution is -0.384. The van der Waals surface area contributed by atoms with Crippen LogP contribution in [0.4, 0.5) is 5.69 Å². The number of tetrazole rings is 1. The molecule has 1 aromatic carbocycles. The molecule has 0 bridgehead atoms. The molecule has 9 heteroatoms. The minimum atomic E-state index is -0.464. The van der Waals surface area contributed by atoms with Gasteiger partial charge in [0.1, 0.15) is 0 Å². The van der Waals surface area contributed by atoms with Crippen LogP contribution in [0.3, 0.4) is 0 Å². The topological polar surface area (TPSA) is 116 Å². The molecule has 0 aliphatic heterocycles. The van der Waals surface area contributed by atoms with E-state index in [1.807, 2.05) is 0 Å². The Labute approximate surface area is 143 Å². The van der Waals surface area contributed by atoms with Crippen LogP contribution >= 0.6 is 0 Å². The number of hydrogen-bond acceptors (Lipinski definition) is 6. The molecule has 2 aromatic rings. The van der Waals surface area contributed by atoms with Gasteiger partial charge in [-0.1, -0.05) is 12.8 Å². The van der Waals surface area contributed by atoms with E-state index in [0.29, 0.717) is 17.4 Å². The van der Waals surface area contributed by atoms with E-state index in [0.717, 1.165) is 12.8 Å². The van der Waals surface area contributed by atoms with Crippen LogP contribution in [0.25, 0.3) is 6.08 Å². The lowest BCUT2D eigenvalue weighted by Crippen LogP contribution is -2.24. The summed E-state index contributed by atoms with van der Waals surface area (Å²) in [7, 11) is 0. The molecule has 1 aliphatic rings. The lowest BCUT2D eigenvalue weighted by atomic mass is 10.2. The van der Waals surface area contributed by atoms with Crippen molar-refractivity contribution in [3.63, 3.8) is 0 Å². The van der Waals surface area contributed by atoms with E-state index in [4.69, 9.17) is 0 Å². The smallest absolute Gasteiger partial charge is 0.269 e. The number of carbonyl (C=O) groups is 1. The van der Waals surface area contributed by atoms with Crippen LogP contribution in [0.15, 0.2) is 30.3 Å². The highest BCUT2D eigenvalue weighted by atomic mass is 16.6. The van der Waals surface area contributed by atoms with Gasteiger partial charge in [-0.05, 0) is 47.0 Å². The second-order valence-electron chi connectivity index (χ2n) is 5.88. The molecule has 1 amide bonds. The zero-order valence-electron chi connectivity index (χ0n) is 13.5. The third-order valence-electron chi connectivity index (χ3n) is 4.18. The van der Waals surface area contributed by atoms with Crippen LogP contribution < -0.4 is 5.32 Å². The monoisotopic (exact) mass is 342 g/mol. The molecule has 0 unspecified atom stereocenters. The van der Waals surface area contributed by atoms with E-state index in [1.165, 1.54) is 31.1 Å². The van der Waals surface area contributed by atoms with Crippen LogP contribution in [-0.4, -0.2) is 31.0 Å². The number of aromatic nitrogens is 4. The van der Waals surface area contributed by atoms with E-state index >= 15 is 0 Å². The Hall–Kier alpha value is -3.10. The zero-order valence-corrected chi connectivity index (χ0v) is 13.5. The number of nitrogens with zero attached hydrogens (tertiary/aromatic N) is 5. The van der Waals surface area contributed by atoms with Crippen molar-refractivity contribution in [1.82, 2.24) is 25.5 Å². The van der Waals surface area contributed by atoms with Crippen molar-refractivity contribution in [2.24, 2.45) is 0 Å². The number of benzene rings is 1. The Kier molecular flexibility index (Phi) is 5.12. The summed E-state index contributed by atoms with van der Waals surface area (Å²) in [4.78, 5) is 22.1. The van der Waals surface area contributed by atoms with E-state index in [1.54, 1.807) is 22.9 Å². The molecule has 1 aliphatic carbocycles. The zero-order chi connectivity index (χ0) is 17.6. The average Bonchev–Trinajstić information content (AvgIpc) is 3.29. The Morgan fingerprint density at radius 3 is 2.72 bits per heavy atom. The Morgan fingerprint density at radius 1 is 1.32 bits per heavy atom. The Bertz CT molecular complexity index is 777. The van der Waals surface area contributed by atoms with Gasteiger partial charge in [-0.3, -0.25) is 14.9 Å². The third kappa shape index (κ3) is 4.25. The maximum Gasteiger partial charge on any atom is 0.269 e. The fourth-order valence-electron chi connectivity index (χ4n) is 2.87. The fourth-order valence-corrected chi connectivity index (χ4v) is 2.87. The first kappa shape index (κ1) is 16.7. The number of non-ortho nitro benzene ring substituents is 1. The van der Waals surface area contributed by atoms with Gasteiger partial charge in [-0.2, -0.15) is 0 Å². The summed E-state index contributed by atoms with van der Waals surface area (Å²) >= 11 is 0. The first-order valence-corrected chi connectivity index (χ1v) is 8.10. The van der Waals surface area contributed by atoms with Crippen LogP contribution in [0.2, 0.25) is 0 Å². The maximum absolute atomic E-state index is 11.9. The predicted molar refractivity (Wildman–Crippen MR) is 89.3 cm³/mol. The van der Waals surface area contributed by atoms with Gasteiger partial charge in [0, 0.05) is 18.2 Å². The quantitative estimate of drug-likeness (QED) is 0.488. The number of hydrogen-bond donors (Lipinski definition) is 1. The van der Waals surface area contributed by atoms with Crippen LogP contribution in [0, 0.1) is 10.1 Å². The molecule has 1 aromatic heterocycles. The number of nitro benzene ring substituents is 1. The van der Waals surface area contributed by atoms with Gasteiger partial charge in [0.05, 0.1) is 17.5 Å². The van der Waals surface area contributed by atoms with Gasteiger partial charge in [-0.15, -0.1) is 5.10 Å². The van der Waals surface area contributed by atoms with Crippen molar-refractivity contribution in [2.75, 3.05) is 0 Å². The largest absolute Gasteiger partial charge is 0.345 e. The molecule has 130 valence electrons. The molecule has 25 heavy (non-hydrogen) atoms. The average molecular weight is 342 g/mol. The number of carbonyl (C=O) groups excluding carboxylic acids is 1. The molecule has 1 saturated carbocycles. The Morgan fingerprint density at radius 2 is 2.04 bits per heavy atom. The molecular formula is C16H18N6O3.